The Morgan fingerprint density at radius 2 is 2.00 bits per heavy atom. The number of pyridine rings is 1. The van der Waals surface area contributed by atoms with Crippen molar-refractivity contribution in [2.75, 3.05) is 11.1 Å². The summed E-state index contributed by atoms with van der Waals surface area (Å²) in [5, 5.41) is 11.5. The highest BCUT2D eigenvalue weighted by Gasteiger charge is 2.09. The van der Waals surface area contributed by atoms with Crippen LogP contribution in [-0.4, -0.2) is 10.9 Å². The molecule has 0 aliphatic rings. The summed E-state index contributed by atoms with van der Waals surface area (Å²) in [5.41, 5.74) is 6.90. The van der Waals surface area contributed by atoms with E-state index in [9.17, 15) is 4.79 Å². The molecule has 1 aromatic heterocycles. The van der Waals surface area contributed by atoms with Crippen LogP contribution in [0.1, 0.15) is 15.9 Å². The molecule has 0 radical (unpaired) electrons. The van der Waals surface area contributed by atoms with Crippen LogP contribution in [0.2, 0.25) is 0 Å². The second-order valence-electron chi connectivity index (χ2n) is 3.59. The number of carbonyl (C=O) groups excluding carboxylic acids is 1. The average Bonchev–Trinajstić information content (AvgIpc) is 2.40. The maximum Gasteiger partial charge on any atom is 0.256 e. The SMILES string of the molecule is N#Cc1cccnc1NC(=O)c1ccc(N)cc1. The van der Waals surface area contributed by atoms with E-state index in [4.69, 9.17) is 11.0 Å². The molecule has 0 saturated carbocycles. The number of rotatable bonds is 2. The molecule has 0 aliphatic carbocycles. The zero-order valence-electron chi connectivity index (χ0n) is 9.42. The first-order valence-electron chi connectivity index (χ1n) is 5.22. The van der Waals surface area contributed by atoms with Crippen molar-refractivity contribution < 1.29 is 4.79 Å². The molecule has 0 aliphatic heterocycles. The largest absolute Gasteiger partial charge is 0.399 e. The van der Waals surface area contributed by atoms with Crippen LogP contribution in [0.3, 0.4) is 0 Å². The van der Waals surface area contributed by atoms with Crippen LogP contribution in [0.25, 0.3) is 0 Å². The summed E-state index contributed by atoms with van der Waals surface area (Å²) >= 11 is 0. The number of carbonyl (C=O) groups is 1. The van der Waals surface area contributed by atoms with E-state index in [1.54, 1.807) is 36.4 Å². The molecule has 1 heterocycles. The van der Waals surface area contributed by atoms with Gasteiger partial charge in [0.15, 0.2) is 5.82 Å². The first-order chi connectivity index (χ1) is 8.70. The molecular formula is C13H10N4O. The van der Waals surface area contributed by atoms with Crippen LogP contribution in [0.4, 0.5) is 11.5 Å². The van der Waals surface area contributed by atoms with E-state index in [0.29, 0.717) is 16.8 Å². The number of nitrogens with zero attached hydrogens (tertiary/aromatic N) is 2. The van der Waals surface area contributed by atoms with Gasteiger partial charge in [-0.15, -0.1) is 0 Å². The maximum absolute atomic E-state index is 11.9. The topological polar surface area (TPSA) is 91.8 Å². The van der Waals surface area contributed by atoms with Crippen LogP contribution in [0.5, 0.6) is 0 Å². The van der Waals surface area contributed by atoms with Crippen molar-refractivity contribution >= 4 is 17.4 Å². The number of nitrogens with two attached hydrogens (primary N) is 1. The number of nitrogens with one attached hydrogen (secondary N) is 1. The van der Waals surface area contributed by atoms with Gasteiger partial charge in [-0.3, -0.25) is 4.79 Å². The molecule has 0 spiro atoms. The van der Waals surface area contributed by atoms with E-state index < -0.39 is 0 Å². The Kier molecular flexibility index (Phi) is 3.21. The first-order valence-corrected chi connectivity index (χ1v) is 5.22. The normalized spacial score (nSPS) is 9.50. The number of benzene rings is 1. The Morgan fingerprint density at radius 1 is 1.28 bits per heavy atom. The molecule has 18 heavy (non-hydrogen) atoms. The van der Waals surface area contributed by atoms with Gasteiger partial charge in [-0.2, -0.15) is 5.26 Å². The van der Waals surface area contributed by atoms with Gasteiger partial charge >= 0.3 is 0 Å². The van der Waals surface area contributed by atoms with Gasteiger partial charge in [0.05, 0.1) is 5.56 Å². The fraction of sp³-hybridized carbons (Fsp3) is 0. The highest BCUT2D eigenvalue weighted by Crippen LogP contribution is 2.12. The summed E-state index contributed by atoms with van der Waals surface area (Å²) in [6, 6.07) is 11.7. The summed E-state index contributed by atoms with van der Waals surface area (Å²) in [7, 11) is 0. The summed E-state index contributed by atoms with van der Waals surface area (Å²) in [6.07, 6.45) is 1.51. The van der Waals surface area contributed by atoms with Gasteiger partial charge in [0.2, 0.25) is 0 Å². The lowest BCUT2D eigenvalue weighted by Crippen LogP contribution is -2.13. The second kappa shape index (κ2) is 4.97. The van der Waals surface area contributed by atoms with Crippen molar-refractivity contribution in [1.29, 1.82) is 5.26 Å². The highest BCUT2D eigenvalue weighted by atomic mass is 16.1. The zero-order chi connectivity index (χ0) is 13.0. The van der Waals surface area contributed by atoms with Crippen molar-refractivity contribution in [3.05, 3.63) is 53.7 Å². The second-order valence-corrected chi connectivity index (χ2v) is 3.59. The minimum Gasteiger partial charge on any atom is -0.399 e. The molecule has 0 fully saturated rings. The van der Waals surface area contributed by atoms with Crippen molar-refractivity contribution in [2.45, 2.75) is 0 Å². The van der Waals surface area contributed by atoms with Crippen molar-refractivity contribution in [3.63, 3.8) is 0 Å². The summed E-state index contributed by atoms with van der Waals surface area (Å²) < 4.78 is 0. The highest BCUT2D eigenvalue weighted by molar-refractivity contribution is 6.04. The third-order valence-corrected chi connectivity index (χ3v) is 2.33. The zero-order valence-corrected chi connectivity index (χ0v) is 9.42. The lowest BCUT2D eigenvalue weighted by atomic mass is 10.2. The van der Waals surface area contributed by atoms with E-state index in [1.807, 2.05) is 6.07 Å². The number of amides is 1. The van der Waals surface area contributed by atoms with Crippen molar-refractivity contribution in [3.8, 4) is 6.07 Å². The molecule has 2 aromatic rings. The summed E-state index contributed by atoms with van der Waals surface area (Å²) in [4.78, 5) is 15.8. The minimum atomic E-state index is -0.329. The average molecular weight is 238 g/mol. The molecule has 0 bridgehead atoms. The molecule has 0 saturated heterocycles. The van der Waals surface area contributed by atoms with Gasteiger partial charge in [0, 0.05) is 17.4 Å². The molecule has 3 N–H and O–H groups in total. The Hall–Kier alpha value is -2.87. The Labute approximate surface area is 104 Å². The molecule has 88 valence electrons. The van der Waals surface area contributed by atoms with E-state index in [2.05, 4.69) is 10.3 Å². The van der Waals surface area contributed by atoms with Gasteiger partial charge < -0.3 is 11.1 Å². The standard InChI is InChI=1S/C13H10N4O/c14-8-10-2-1-7-16-12(10)17-13(18)9-3-5-11(15)6-4-9/h1-7H,15H2,(H,16,17,18). The van der Waals surface area contributed by atoms with E-state index in [1.165, 1.54) is 6.20 Å². The Morgan fingerprint density at radius 3 is 2.67 bits per heavy atom. The predicted molar refractivity (Wildman–Crippen MR) is 67.8 cm³/mol. The number of hydrogen-bond acceptors (Lipinski definition) is 4. The van der Waals surface area contributed by atoms with Crippen LogP contribution in [0, 0.1) is 11.3 Å². The molecule has 0 atom stereocenters. The van der Waals surface area contributed by atoms with Crippen molar-refractivity contribution in [1.82, 2.24) is 4.98 Å². The lowest BCUT2D eigenvalue weighted by Gasteiger charge is -2.05. The molecule has 1 aromatic carbocycles. The van der Waals surface area contributed by atoms with Crippen LogP contribution < -0.4 is 11.1 Å². The van der Waals surface area contributed by atoms with Gasteiger partial charge in [-0.25, -0.2) is 4.98 Å². The quantitative estimate of drug-likeness (QED) is 0.780. The van der Waals surface area contributed by atoms with Gasteiger partial charge in [0.25, 0.3) is 5.91 Å². The van der Waals surface area contributed by atoms with Crippen LogP contribution >= 0.6 is 0 Å². The van der Waals surface area contributed by atoms with E-state index >= 15 is 0 Å². The maximum atomic E-state index is 11.9. The minimum absolute atomic E-state index is 0.252. The summed E-state index contributed by atoms with van der Waals surface area (Å²) in [5.74, 6) is -0.0768. The van der Waals surface area contributed by atoms with Crippen LogP contribution in [-0.2, 0) is 0 Å². The fourth-order valence-electron chi connectivity index (χ4n) is 1.41. The molecule has 2 rings (SSSR count). The number of nitriles is 1. The lowest BCUT2D eigenvalue weighted by molar-refractivity contribution is 0.102. The van der Waals surface area contributed by atoms with Gasteiger partial charge in [-0.1, -0.05) is 0 Å². The molecular weight excluding hydrogens is 228 g/mol. The number of aromatic nitrogens is 1. The van der Waals surface area contributed by atoms with Crippen LogP contribution in [0.15, 0.2) is 42.6 Å². The number of anilines is 2. The van der Waals surface area contributed by atoms with E-state index in [0.717, 1.165) is 0 Å². The first kappa shape index (κ1) is 11.6. The molecule has 5 heteroatoms. The predicted octanol–water partition coefficient (Wildman–Crippen LogP) is 1.79. The monoisotopic (exact) mass is 238 g/mol. The van der Waals surface area contributed by atoms with E-state index in [-0.39, 0.29) is 11.7 Å². The third-order valence-electron chi connectivity index (χ3n) is 2.33. The fourth-order valence-corrected chi connectivity index (χ4v) is 1.41. The summed E-state index contributed by atoms with van der Waals surface area (Å²) in [6.45, 7) is 0. The van der Waals surface area contributed by atoms with Gasteiger partial charge in [-0.05, 0) is 36.4 Å². The number of hydrogen-bond donors (Lipinski definition) is 2. The Balaban J connectivity index is 2.22. The third kappa shape index (κ3) is 2.44. The molecule has 0 unspecified atom stereocenters. The molecule has 5 nitrogen and oxygen atoms in total. The van der Waals surface area contributed by atoms with Gasteiger partial charge in [0.1, 0.15) is 6.07 Å². The Bertz CT molecular complexity index is 614. The number of nitrogen functional groups attached to an aromatic ring is 1. The molecule has 1 amide bonds. The smallest absolute Gasteiger partial charge is 0.256 e. The van der Waals surface area contributed by atoms with Crippen molar-refractivity contribution in [2.24, 2.45) is 0 Å².